The van der Waals surface area contributed by atoms with Gasteiger partial charge in [-0.05, 0) is 61.4 Å². The monoisotopic (exact) mass is 353 g/mol. The molecule has 0 spiro atoms. The van der Waals surface area contributed by atoms with Crippen molar-refractivity contribution in [2.75, 3.05) is 6.61 Å². The molecule has 0 aliphatic heterocycles. The molecule has 26 heavy (non-hydrogen) atoms. The van der Waals surface area contributed by atoms with Crippen molar-refractivity contribution >= 4 is 16.9 Å². The molecule has 1 heterocycles. The molecule has 1 N–H and O–H groups in total. The molecule has 0 fully saturated rings. The van der Waals surface area contributed by atoms with Gasteiger partial charge in [-0.25, -0.2) is 0 Å². The lowest BCUT2D eigenvalue weighted by Gasteiger charge is -2.10. The second kappa shape index (κ2) is 7.95. The number of aryl methyl sites for hydroxylation is 1. The highest BCUT2D eigenvalue weighted by Crippen LogP contribution is 2.27. The third kappa shape index (κ3) is 4.17. The number of furan rings is 1. The van der Waals surface area contributed by atoms with Crippen LogP contribution >= 0.6 is 0 Å². The van der Waals surface area contributed by atoms with Gasteiger partial charge in [0.25, 0.3) is 0 Å². The summed E-state index contributed by atoms with van der Waals surface area (Å²) in [5.41, 5.74) is 3.03. The second-order valence-corrected chi connectivity index (χ2v) is 6.08. The maximum Gasteiger partial charge on any atom is 0.217 e. The van der Waals surface area contributed by atoms with E-state index in [1.54, 1.807) is 0 Å². The summed E-state index contributed by atoms with van der Waals surface area (Å²) in [5, 5.41) is 3.79. The van der Waals surface area contributed by atoms with Crippen LogP contribution in [-0.4, -0.2) is 12.5 Å². The van der Waals surface area contributed by atoms with Crippen molar-refractivity contribution in [2.45, 2.75) is 33.9 Å². The quantitative estimate of drug-likeness (QED) is 0.686. The van der Waals surface area contributed by atoms with Gasteiger partial charge in [-0.2, -0.15) is 0 Å². The first kappa shape index (κ1) is 17.9. The molecule has 0 saturated carbocycles. The van der Waals surface area contributed by atoms with Gasteiger partial charge in [-0.3, -0.25) is 4.79 Å². The van der Waals surface area contributed by atoms with Gasteiger partial charge in [0.2, 0.25) is 5.91 Å². The second-order valence-electron chi connectivity index (χ2n) is 6.08. The predicted octanol–water partition coefficient (Wildman–Crippen LogP) is 4.36. The van der Waals surface area contributed by atoms with Crippen LogP contribution in [0.25, 0.3) is 11.0 Å². The molecule has 0 unspecified atom stereocenters. The lowest BCUT2D eigenvalue weighted by atomic mass is 10.1. The SMILES string of the molecule is CCOc1ccc(OCc2ccc3oc(CNC(C)=O)cc3c2C)cc1. The van der Waals surface area contributed by atoms with E-state index < -0.39 is 0 Å². The third-order valence-electron chi connectivity index (χ3n) is 4.17. The van der Waals surface area contributed by atoms with Crippen LogP contribution in [0, 0.1) is 6.92 Å². The van der Waals surface area contributed by atoms with Crippen molar-refractivity contribution in [2.24, 2.45) is 0 Å². The summed E-state index contributed by atoms with van der Waals surface area (Å²) in [6.07, 6.45) is 0. The molecule has 0 radical (unpaired) electrons. The highest BCUT2D eigenvalue weighted by atomic mass is 16.5. The van der Waals surface area contributed by atoms with Gasteiger partial charge in [0.15, 0.2) is 0 Å². The summed E-state index contributed by atoms with van der Waals surface area (Å²) in [6, 6.07) is 13.5. The minimum absolute atomic E-state index is 0.0772. The van der Waals surface area contributed by atoms with E-state index in [-0.39, 0.29) is 5.91 Å². The fourth-order valence-electron chi connectivity index (χ4n) is 2.76. The van der Waals surface area contributed by atoms with E-state index in [1.165, 1.54) is 6.92 Å². The molecule has 0 bridgehead atoms. The Morgan fingerprint density at radius 3 is 2.42 bits per heavy atom. The fourth-order valence-corrected chi connectivity index (χ4v) is 2.76. The van der Waals surface area contributed by atoms with Crippen LogP contribution in [0.15, 0.2) is 46.9 Å². The van der Waals surface area contributed by atoms with Crippen LogP contribution in [0.5, 0.6) is 11.5 Å². The molecule has 1 amide bonds. The maximum atomic E-state index is 11.1. The van der Waals surface area contributed by atoms with Crippen LogP contribution in [0.4, 0.5) is 0 Å². The largest absolute Gasteiger partial charge is 0.494 e. The summed E-state index contributed by atoms with van der Waals surface area (Å²) in [4.78, 5) is 11.1. The van der Waals surface area contributed by atoms with Crippen molar-refractivity contribution in [3.8, 4) is 11.5 Å². The molecule has 136 valence electrons. The lowest BCUT2D eigenvalue weighted by molar-refractivity contribution is -0.119. The normalized spacial score (nSPS) is 10.7. The number of fused-ring (bicyclic) bond motifs is 1. The first-order valence-corrected chi connectivity index (χ1v) is 8.68. The average Bonchev–Trinajstić information content (AvgIpc) is 3.05. The Morgan fingerprint density at radius 1 is 1.08 bits per heavy atom. The predicted molar refractivity (Wildman–Crippen MR) is 100 cm³/mol. The van der Waals surface area contributed by atoms with Crippen LogP contribution in [-0.2, 0) is 17.9 Å². The number of nitrogens with one attached hydrogen (secondary N) is 1. The number of ether oxygens (including phenoxy) is 2. The zero-order valence-electron chi connectivity index (χ0n) is 15.3. The van der Waals surface area contributed by atoms with Gasteiger partial charge in [0.1, 0.15) is 29.4 Å². The zero-order valence-corrected chi connectivity index (χ0v) is 15.3. The third-order valence-corrected chi connectivity index (χ3v) is 4.17. The van der Waals surface area contributed by atoms with E-state index in [2.05, 4.69) is 12.2 Å². The number of rotatable bonds is 7. The Balaban J connectivity index is 1.71. The molecule has 3 rings (SSSR count). The topological polar surface area (TPSA) is 60.7 Å². The van der Waals surface area contributed by atoms with Crippen LogP contribution in [0.3, 0.4) is 0 Å². The van der Waals surface area contributed by atoms with Gasteiger partial charge in [-0.15, -0.1) is 0 Å². The first-order valence-electron chi connectivity index (χ1n) is 8.68. The van der Waals surface area contributed by atoms with Crippen molar-refractivity contribution < 1.29 is 18.7 Å². The molecule has 0 atom stereocenters. The van der Waals surface area contributed by atoms with Crippen molar-refractivity contribution in [3.05, 3.63) is 59.4 Å². The molecule has 1 aromatic heterocycles. The molecule has 0 aliphatic carbocycles. The molecule has 0 aliphatic rings. The lowest BCUT2D eigenvalue weighted by Crippen LogP contribution is -2.18. The van der Waals surface area contributed by atoms with Gasteiger partial charge < -0.3 is 19.2 Å². The summed E-state index contributed by atoms with van der Waals surface area (Å²) >= 11 is 0. The van der Waals surface area contributed by atoms with Gasteiger partial charge in [-0.1, -0.05) is 6.07 Å². The molecular weight excluding hydrogens is 330 g/mol. The number of amides is 1. The van der Waals surface area contributed by atoms with Crippen LogP contribution in [0.1, 0.15) is 30.7 Å². The first-order chi connectivity index (χ1) is 12.6. The number of carbonyl (C=O) groups is 1. The summed E-state index contributed by atoms with van der Waals surface area (Å²) < 4.78 is 17.1. The molecule has 5 nitrogen and oxygen atoms in total. The Hall–Kier alpha value is -2.95. The maximum absolute atomic E-state index is 11.1. The molecule has 0 saturated heterocycles. The van der Waals surface area contributed by atoms with Gasteiger partial charge in [0, 0.05) is 12.3 Å². The number of carbonyl (C=O) groups excluding carboxylic acids is 1. The highest BCUT2D eigenvalue weighted by molar-refractivity contribution is 5.83. The highest BCUT2D eigenvalue weighted by Gasteiger charge is 2.10. The summed E-state index contributed by atoms with van der Waals surface area (Å²) in [6.45, 7) is 7.01. The Morgan fingerprint density at radius 2 is 1.77 bits per heavy atom. The Labute approximate surface area is 152 Å². The van der Waals surface area contributed by atoms with E-state index in [0.717, 1.165) is 39.4 Å². The zero-order chi connectivity index (χ0) is 18.5. The number of benzene rings is 2. The Bertz CT molecular complexity index is 896. The number of hydrogen-bond acceptors (Lipinski definition) is 4. The minimum Gasteiger partial charge on any atom is -0.494 e. The van der Waals surface area contributed by atoms with Gasteiger partial charge >= 0.3 is 0 Å². The summed E-state index contributed by atoms with van der Waals surface area (Å²) in [7, 11) is 0. The molecule has 2 aromatic carbocycles. The van der Waals surface area contributed by atoms with E-state index >= 15 is 0 Å². The molecular formula is C21H23NO4. The average molecular weight is 353 g/mol. The molecule has 3 aromatic rings. The standard InChI is InChI=1S/C21H23NO4/c1-4-24-17-6-8-18(9-7-17)25-13-16-5-10-21-20(14(16)2)11-19(26-21)12-22-15(3)23/h5-11H,4,12-13H2,1-3H3,(H,22,23). The van der Waals surface area contributed by atoms with Crippen LogP contribution < -0.4 is 14.8 Å². The van der Waals surface area contributed by atoms with Crippen molar-refractivity contribution in [1.29, 1.82) is 0 Å². The van der Waals surface area contributed by atoms with Gasteiger partial charge in [0.05, 0.1) is 13.2 Å². The minimum atomic E-state index is -0.0772. The van der Waals surface area contributed by atoms with E-state index in [0.29, 0.717) is 19.8 Å². The van der Waals surface area contributed by atoms with E-state index in [1.807, 2.05) is 49.4 Å². The summed E-state index contributed by atoms with van der Waals surface area (Å²) in [5.74, 6) is 2.29. The smallest absolute Gasteiger partial charge is 0.217 e. The van der Waals surface area contributed by atoms with E-state index in [9.17, 15) is 4.79 Å². The number of hydrogen-bond donors (Lipinski definition) is 1. The van der Waals surface area contributed by atoms with E-state index in [4.69, 9.17) is 13.9 Å². The van der Waals surface area contributed by atoms with Crippen LogP contribution in [0.2, 0.25) is 0 Å². The van der Waals surface area contributed by atoms with Crippen molar-refractivity contribution in [1.82, 2.24) is 5.32 Å². The van der Waals surface area contributed by atoms with Crippen molar-refractivity contribution in [3.63, 3.8) is 0 Å². The Kier molecular flexibility index (Phi) is 5.46. The fraction of sp³-hybridized carbons (Fsp3) is 0.286. The molecule has 5 heteroatoms.